The van der Waals surface area contributed by atoms with Gasteiger partial charge in [-0.25, -0.2) is 4.79 Å². The number of hydrogen-bond acceptors (Lipinski definition) is 3. The molecular weight excluding hydrogens is 320 g/mol. The number of aryl methyl sites for hydroxylation is 1. The third kappa shape index (κ3) is 4.97. The maximum Gasteiger partial charge on any atom is 0.344 e. The Morgan fingerprint density at radius 3 is 2.55 bits per heavy atom. The molecule has 0 saturated heterocycles. The average molecular weight is 337 g/mol. The largest absolute Gasteiger partial charge is 0.479 e. The minimum Gasteiger partial charge on any atom is -0.479 e. The van der Waals surface area contributed by atoms with Gasteiger partial charge in [0.15, 0.2) is 6.10 Å². The molecule has 1 atom stereocenters. The Kier molecular flexibility index (Phi) is 6.16. The highest BCUT2D eigenvalue weighted by molar-refractivity contribution is 7.99. The molecule has 0 aromatic heterocycles. The maximum absolute atomic E-state index is 11.3. The lowest BCUT2D eigenvalue weighted by molar-refractivity contribution is -0.145. The molecule has 0 bridgehead atoms. The summed E-state index contributed by atoms with van der Waals surface area (Å²) < 4.78 is 5.53. The van der Waals surface area contributed by atoms with Gasteiger partial charge in [0.1, 0.15) is 5.75 Å². The second-order valence-electron chi connectivity index (χ2n) is 4.80. The number of benzene rings is 2. The second kappa shape index (κ2) is 8.11. The van der Waals surface area contributed by atoms with Crippen molar-refractivity contribution < 1.29 is 14.6 Å². The monoisotopic (exact) mass is 336 g/mol. The first kappa shape index (κ1) is 16.7. The van der Waals surface area contributed by atoms with Crippen molar-refractivity contribution in [2.24, 2.45) is 0 Å². The molecule has 0 aliphatic heterocycles. The number of aliphatic carboxylic acids is 1. The molecule has 0 spiro atoms. The van der Waals surface area contributed by atoms with Crippen molar-refractivity contribution in [3.63, 3.8) is 0 Å². The Bertz CT molecular complexity index is 628. The summed E-state index contributed by atoms with van der Waals surface area (Å²) in [6, 6.07) is 14.8. The van der Waals surface area contributed by atoms with E-state index in [-0.39, 0.29) is 0 Å². The fourth-order valence-corrected chi connectivity index (χ4v) is 3.05. The Hall–Kier alpha value is -1.65. The molecule has 0 radical (unpaired) electrons. The van der Waals surface area contributed by atoms with Gasteiger partial charge < -0.3 is 9.84 Å². The van der Waals surface area contributed by atoms with E-state index in [1.54, 1.807) is 36.0 Å². The topological polar surface area (TPSA) is 46.5 Å². The molecule has 2 aromatic carbocycles. The maximum atomic E-state index is 11.3. The van der Waals surface area contributed by atoms with Crippen LogP contribution in [0, 0.1) is 6.92 Å². The zero-order valence-corrected chi connectivity index (χ0v) is 13.7. The van der Waals surface area contributed by atoms with Gasteiger partial charge in [0.2, 0.25) is 0 Å². The van der Waals surface area contributed by atoms with E-state index in [1.807, 2.05) is 31.2 Å². The number of carboxylic acids is 1. The highest BCUT2D eigenvalue weighted by atomic mass is 35.5. The van der Waals surface area contributed by atoms with Crippen molar-refractivity contribution in [1.29, 1.82) is 0 Å². The predicted octanol–water partition coefficient (Wildman–Crippen LogP) is 4.66. The molecule has 1 unspecified atom stereocenters. The molecule has 1 N–H and O–H groups in total. The van der Waals surface area contributed by atoms with Gasteiger partial charge in [-0.1, -0.05) is 29.8 Å². The van der Waals surface area contributed by atoms with Crippen molar-refractivity contribution in [2.75, 3.05) is 5.75 Å². The van der Waals surface area contributed by atoms with Gasteiger partial charge in [-0.05, 0) is 42.8 Å². The van der Waals surface area contributed by atoms with Crippen molar-refractivity contribution in [2.45, 2.75) is 24.3 Å². The van der Waals surface area contributed by atoms with E-state index >= 15 is 0 Å². The first-order valence-corrected chi connectivity index (χ1v) is 8.26. The number of ether oxygens (including phenoxy) is 1. The van der Waals surface area contributed by atoms with Gasteiger partial charge in [-0.2, -0.15) is 0 Å². The molecule has 0 saturated carbocycles. The highest BCUT2D eigenvalue weighted by Gasteiger charge is 2.19. The summed E-state index contributed by atoms with van der Waals surface area (Å²) in [6.45, 7) is 2.04. The summed E-state index contributed by atoms with van der Waals surface area (Å²) >= 11 is 7.44. The summed E-state index contributed by atoms with van der Waals surface area (Å²) in [6.07, 6.45) is -0.436. The van der Waals surface area contributed by atoms with Gasteiger partial charge in [0.05, 0.1) is 0 Å². The average Bonchev–Trinajstić information content (AvgIpc) is 2.50. The number of thioether (sulfide) groups is 1. The van der Waals surface area contributed by atoms with Crippen LogP contribution in [0.2, 0.25) is 5.02 Å². The number of halogens is 1. The van der Waals surface area contributed by atoms with Crippen LogP contribution < -0.4 is 4.74 Å². The van der Waals surface area contributed by atoms with E-state index in [1.165, 1.54) is 5.56 Å². The molecule has 3 nitrogen and oxygen atoms in total. The standard InChI is InChI=1S/C17H17ClO3S/c1-12-4-2-3-5-16(12)22-11-10-15(17(19)20)21-14-8-6-13(18)7-9-14/h2-9,15H,10-11H2,1H3,(H,19,20). The molecule has 2 rings (SSSR count). The third-order valence-corrected chi connectivity index (χ3v) is 4.56. The first-order valence-electron chi connectivity index (χ1n) is 6.89. The fourth-order valence-electron chi connectivity index (χ4n) is 1.90. The van der Waals surface area contributed by atoms with Gasteiger partial charge in [0.25, 0.3) is 0 Å². The lowest BCUT2D eigenvalue weighted by atomic mass is 10.2. The summed E-state index contributed by atoms with van der Waals surface area (Å²) in [5.74, 6) is 0.230. The Labute approximate surface area is 139 Å². The number of rotatable bonds is 7. The van der Waals surface area contributed by atoms with Crippen LogP contribution in [-0.2, 0) is 4.79 Å². The number of carboxylic acid groups (broad SMARTS) is 1. The van der Waals surface area contributed by atoms with Crippen molar-refractivity contribution in [3.8, 4) is 5.75 Å². The van der Waals surface area contributed by atoms with E-state index in [0.717, 1.165) is 4.90 Å². The lowest BCUT2D eigenvalue weighted by Gasteiger charge is -2.15. The van der Waals surface area contributed by atoms with Crippen LogP contribution in [0.4, 0.5) is 0 Å². The van der Waals surface area contributed by atoms with Crippen LogP contribution in [0.25, 0.3) is 0 Å². The van der Waals surface area contributed by atoms with Crippen LogP contribution in [0.5, 0.6) is 5.75 Å². The Morgan fingerprint density at radius 2 is 1.91 bits per heavy atom. The molecule has 0 heterocycles. The molecular formula is C17H17ClO3S. The minimum absolute atomic E-state index is 0.428. The number of carbonyl (C=O) groups is 1. The quantitative estimate of drug-likeness (QED) is 0.747. The SMILES string of the molecule is Cc1ccccc1SCCC(Oc1ccc(Cl)cc1)C(=O)O. The third-order valence-electron chi connectivity index (χ3n) is 3.10. The zero-order chi connectivity index (χ0) is 15.9. The Morgan fingerprint density at radius 1 is 1.23 bits per heavy atom. The molecule has 0 aliphatic carbocycles. The molecule has 22 heavy (non-hydrogen) atoms. The van der Waals surface area contributed by atoms with Crippen molar-refractivity contribution in [1.82, 2.24) is 0 Å². The first-order chi connectivity index (χ1) is 10.6. The molecule has 0 fully saturated rings. The van der Waals surface area contributed by atoms with Crippen LogP contribution in [0.1, 0.15) is 12.0 Å². The Balaban J connectivity index is 1.91. The van der Waals surface area contributed by atoms with Gasteiger partial charge >= 0.3 is 5.97 Å². The van der Waals surface area contributed by atoms with E-state index in [4.69, 9.17) is 16.3 Å². The summed E-state index contributed by atoms with van der Waals surface area (Å²) in [7, 11) is 0. The van der Waals surface area contributed by atoms with Crippen LogP contribution in [0.15, 0.2) is 53.4 Å². The van der Waals surface area contributed by atoms with Crippen LogP contribution >= 0.6 is 23.4 Å². The normalized spacial score (nSPS) is 11.9. The highest BCUT2D eigenvalue weighted by Crippen LogP contribution is 2.24. The lowest BCUT2D eigenvalue weighted by Crippen LogP contribution is -2.27. The summed E-state index contributed by atoms with van der Waals surface area (Å²) in [5, 5.41) is 9.87. The molecule has 0 amide bonds. The van der Waals surface area contributed by atoms with Gasteiger partial charge in [0, 0.05) is 22.1 Å². The smallest absolute Gasteiger partial charge is 0.344 e. The van der Waals surface area contributed by atoms with Gasteiger partial charge in [-0.15, -0.1) is 11.8 Å². The summed E-state index contributed by atoms with van der Waals surface area (Å²) in [4.78, 5) is 12.5. The molecule has 0 aliphatic rings. The van der Waals surface area contributed by atoms with E-state index in [9.17, 15) is 9.90 Å². The minimum atomic E-state index is -0.958. The van der Waals surface area contributed by atoms with Crippen LogP contribution in [0.3, 0.4) is 0 Å². The van der Waals surface area contributed by atoms with Gasteiger partial charge in [-0.3, -0.25) is 0 Å². The van der Waals surface area contributed by atoms with Crippen molar-refractivity contribution >= 4 is 29.3 Å². The fraction of sp³-hybridized carbons (Fsp3) is 0.235. The number of hydrogen-bond donors (Lipinski definition) is 1. The molecule has 5 heteroatoms. The predicted molar refractivity (Wildman–Crippen MR) is 90.0 cm³/mol. The molecule has 116 valence electrons. The van der Waals surface area contributed by atoms with E-state index < -0.39 is 12.1 Å². The van der Waals surface area contributed by atoms with Crippen molar-refractivity contribution in [3.05, 3.63) is 59.1 Å². The molecule has 2 aromatic rings. The van der Waals surface area contributed by atoms with E-state index in [0.29, 0.717) is 22.9 Å². The summed E-state index contributed by atoms with van der Waals surface area (Å²) in [5.41, 5.74) is 1.19. The van der Waals surface area contributed by atoms with Crippen LogP contribution in [-0.4, -0.2) is 22.9 Å². The second-order valence-corrected chi connectivity index (χ2v) is 6.37. The zero-order valence-electron chi connectivity index (χ0n) is 12.2. The van der Waals surface area contributed by atoms with E-state index in [2.05, 4.69) is 0 Å².